The molecule has 0 spiro atoms. The highest BCUT2D eigenvalue weighted by atomic mass is 16.4. The summed E-state index contributed by atoms with van der Waals surface area (Å²) in [5, 5.41) is 10.4. The molecule has 1 fully saturated rings. The molecule has 0 radical (unpaired) electrons. The minimum Gasteiger partial charge on any atom is -0.540 e. The van der Waals surface area contributed by atoms with Crippen LogP contribution in [0.5, 0.6) is 0 Å². The van der Waals surface area contributed by atoms with Crippen molar-refractivity contribution >= 4 is 17.6 Å². The van der Waals surface area contributed by atoms with Gasteiger partial charge in [0.25, 0.3) is 5.91 Å². The number of hydrogen-bond acceptors (Lipinski definition) is 4. The Bertz CT molecular complexity index is 411. The number of hydrogen-bond donors (Lipinski definition) is 0. The quantitative estimate of drug-likeness (QED) is 0.589. The van der Waals surface area contributed by atoms with Crippen molar-refractivity contribution in [2.24, 2.45) is 0 Å². The molecule has 1 aliphatic heterocycles. The molecule has 0 aliphatic carbocycles. The molecular weight excluding hydrogens is 220 g/mol. The first kappa shape index (κ1) is 11.4. The number of benzene rings is 1. The van der Waals surface area contributed by atoms with Gasteiger partial charge in [-0.2, -0.15) is 0 Å². The fraction of sp³-hybridized carbons (Fsp3) is 0.333. The fourth-order valence-electron chi connectivity index (χ4n) is 1.94. The van der Waals surface area contributed by atoms with Gasteiger partial charge in [-0.3, -0.25) is 4.79 Å². The molecule has 0 N–H and O–H groups in total. The average Bonchev–Trinajstić information content (AvgIpc) is 2.39. The van der Waals surface area contributed by atoms with Gasteiger partial charge < -0.3 is 19.7 Å². The van der Waals surface area contributed by atoms with Crippen molar-refractivity contribution in [1.82, 2.24) is 4.90 Å². The molecule has 1 amide bonds. The van der Waals surface area contributed by atoms with E-state index >= 15 is 0 Å². The molecule has 0 bridgehead atoms. The van der Waals surface area contributed by atoms with E-state index in [2.05, 4.69) is 4.90 Å². The summed E-state index contributed by atoms with van der Waals surface area (Å²) in [7, 11) is 0. The maximum atomic E-state index is 11.2. The van der Waals surface area contributed by atoms with Crippen LogP contribution in [0.15, 0.2) is 30.3 Å². The van der Waals surface area contributed by atoms with Gasteiger partial charge in [0, 0.05) is 31.9 Å². The van der Waals surface area contributed by atoms with Crippen LogP contribution in [0.3, 0.4) is 0 Å². The summed E-state index contributed by atoms with van der Waals surface area (Å²) in [5.41, 5.74) is 1.09. The molecule has 5 heteroatoms. The highest BCUT2D eigenvalue weighted by molar-refractivity contribution is 6.30. The zero-order valence-corrected chi connectivity index (χ0v) is 9.33. The molecular formula is C12H13N2O3-. The summed E-state index contributed by atoms with van der Waals surface area (Å²) in [6, 6.07) is 9.84. The molecule has 0 unspecified atom stereocenters. The van der Waals surface area contributed by atoms with Gasteiger partial charge in [0.1, 0.15) is 5.97 Å². The smallest absolute Gasteiger partial charge is 0.269 e. The molecule has 0 saturated carbocycles. The molecule has 5 nitrogen and oxygen atoms in total. The molecule has 17 heavy (non-hydrogen) atoms. The van der Waals surface area contributed by atoms with E-state index in [0.717, 1.165) is 5.69 Å². The molecule has 1 aliphatic rings. The van der Waals surface area contributed by atoms with Crippen LogP contribution >= 0.6 is 0 Å². The van der Waals surface area contributed by atoms with Gasteiger partial charge in [0.15, 0.2) is 0 Å². The maximum absolute atomic E-state index is 11.2. The Labute approximate surface area is 99.3 Å². The Morgan fingerprint density at radius 3 is 2.12 bits per heavy atom. The van der Waals surface area contributed by atoms with E-state index in [4.69, 9.17) is 0 Å². The zero-order chi connectivity index (χ0) is 12.3. The van der Waals surface area contributed by atoms with Gasteiger partial charge in [-0.05, 0) is 12.1 Å². The first-order chi connectivity index (χ1) is 8.18. The Kier molecular flexibility index (Phi) is 3.27. The summed E-state index contributed by atoms with van der Waals surface area (Å²) in [6.45, 7) is 2.12. The number of carboxylic acid groups (broad SMARTS) is 1. The van der Waals surface area contributed by atoms with E-state index in [1.807, 2.05) is 30.3 Å². The van der Waals surface area contributed by atoms with E-state index in [1.165, 1.54) is 4.90 Å². The van der Waals surface area contributed by atoms with Crippen LogP contribution in [-0.4, -0.2) is 43.0 Å². The summed E-state index contributed by atoms with van der Waals surface area (Å²) in [4.78, 5) is 25.1. The Hall–Kier alpha value is -2.04. The summed E-state index contributed by atoms with van der Waals surface area (Å²) in [5.74, 6) is -2.55. The van der Waals surface area contributed by atoms with Crippen LogP contribution in [0.2, 0.25) is 0 Å². The molecule has 90 valence electrons. The van der Waals surface area contributed by atoms with Crippen molar-refractivity contribution in [2.45, 2.75) is 0 Å². The van der Waals surface area contributed by atoms with E-state index in [-0.39, 0.29) is 0 Å². The van der Waals surface area contributed by atoms with Crippen LogP contribution in [0.1, 0.15) is 0 Å². The second-order valence-corrected chi connectivity index (χ2v) is 3.90. The number of anilines is 1. The first-order valence-electron chi connectivity index (χ1n) is 5.49. The Morgan fingerprint density at radius 2 is 1.59 bits per heavy atom. The lowest BCUT2D eigenvalue weighted by atomic mass is 10.2. The van der Waals surface area contributed by atoms with Gasteiger partial charge in [-0.25, -0.2) is 0 Å². The second kappa shape index (κ2) is 4.86. The van der Waals surface area contributed by atoms with E-state index in [0.29, 0.717) is 26.2 Å². The minimum absolute atomic E-state index is 0.418. The summed E-state index contributed by atoms with van der Waals surface area (Å²) < 4.78 is 0. The molecule has 1 heterocycles. The van der Waals surface area contributed by atoms with Crippen LogP contribution in [0.25, 0.3) is 0 Å². The number of para-hydroxylation sites is 1. The number of nitrogens with zero attached hydrogens (tertiary/aromatic N) is 2. The molecule has 1 aromatic carbocycles. The first-order valence-corrected chi connectivity index (χ1v) is 5.49. The van der Waals surface area contributed by atoms with Crippen molar-refractivity contribution in [3.05, 3.63) is 30.3 Å². The minimum atomic E-state index is -1.63. The SMILES string of the molecule is O=C([O-])C(=O)N1CCN(c2ccccc2)CC1. The number of amides is 1. The van der Waals surface area contributed by atoms with E-state index < -0.39 is 11.9 Å². The van der Waals surface area contributed by atoms with Gasteiger partial charge in [-0.1, -0.05) is 18.2 Å². The number of carbonyl (C=O) groups excluding carboxylic acids is 2. The third-order valence-electron chi connectivity index (χ3n) is 2.86. The van der Waals surface area contributed by atoms with Crippen molar-refractivity contribution in [3.63, 3.8) is 0 Å². The average molecular weight is 233 g/mol. The van der Waals surface area contributed by atoms with Crippen molar-refractivity contribution in [2.75, 3.05) is 31.1 Å². The van der Waals surface area contributed by atoms with Crippen molar-refractivity contribution in [1.29, 1.82) is 0 Å². The number of piperazine rings is 1. The van der Waals surface area contributed by atoms with Gasteiger partial charge in [0.05, 0.1) is 0 Å². The molecule has 0 atom stereocenters. The summed E-state index contributed by atoms with van der Waals surface area (Å²) in [6.07, 6.45) is 0. The lowest BCUT2D eigenvalue weighted by molar-refractivity contribution is -0.301. The summed E-state index contributed by atoms with van der Waals surface area (Å²) >= 11 is 0. The normalized spacial score (nSPS) is 15.8. The lowest BCUT2D eigenvalue weighted by Gasteiger charge is -2.36. The number of carboxylic acids is 1. The van der Waals surface area contributed by atoms with E-state index in [1.54, 1.807) is 0 Å². The van der Waals surface area contributed by atoms with Crippen LogP contribution < -0.4 is 10.0 Å². The van der Waals surface area contributed by atoms with Crippen LogP contribution in [0, 0.1) is 0 Å². The largest absolute Gasteiger partial charge is 0.540 e. The van der Waals surface area contributed by atoms with Gasteiger partial charge in [-0.15, -0.1) is 0 Å². The molecule has 2 rings (SSSR count). The predicted molar refractivity (Wildman–Crippen MR) is 60.2 cm³/mol. The highest BCUT2D eigenvalue weighted by Gasteiger charge is 2.21. The number of carbonyl (C=O) groups is 2. The predicted octanol–water partition coefficient (Wildman–Crippen LogP) is -0.915. The third kappa shape index (κ3) is 2.55. The fourth-order valence-corrected chi connectivity index (χ4v) is 1.94. The number of aliphatic carboxylic acids is 1. The zero-order valence-electron chi connectivity index (χ0n) is 9.33. The molecule has 1 saturated heterocycles. The standard InChI is InChI=1S/C12H14N2O3/c15-11(12(16)17)14-8-6-13(7-9-14)10-4-2-1-3-5-10/h1-5H,6-9H2,(H,16,17)/p-1. The Balaban J connectivity index is 1.95. The van der Waals surface area contributed by atoms with Crippen LogP contribution in [-0.2, 0) is 9.59 Å². The van der Waals surface area contributed by atoms with Gasteiger partial charge >= 0.3 is 0 Å². The van der Waals surface area contributed by atoms with Crippen LogP contribution in [0.4, 0.5) is 5.69 Å². The Morgan fingerprint density at radius 1 is 1.00 bits per heavy atom. The monoisotopic (exact) mass is 233 g/mol. The molecule has 0 aromatic heterocycles. The number of rotatable bonds is 1. The van der Waals surface area contributed by atoms with Crippen molar-refractivity contribution in [3.8, 4) is 0 Å². The van der Waals surface area contributed by atoms with Gasteiger partial charge in [0.2, 0.25) is 0 Å². The third-order valence-corrected chi connectivity index (χ3v) is 2.86. The lowest BCUT2D eigenvalue weighted by Crippen LogP contribution is -2.53. The van der Waals surface area contributed by atoms with Crippen molar-refractivity contribution < 1.29 is 14.7 Å². The topological polar surface area (TPSA) is 63.7 Å². The maximum Gasteiger partial charge on any atom is 0.269 e. The highest BCUT2D eigenvalue weighted by Crippen LogP contribution is 2.15. The van der Waals surface area contributed by atoms with E-state index in [9.17, 15) is 14.7 Å². The second-order valence-electron chi connectivity index (χ2n) is 3.90. The molecule has 1 aromatic rings.